The second-order valence-electron chi connectivity index (χ2n) is 8.25. The monoisotopic (exact) mass is 429 g/mol. The zero-order valence-electron chi connectivity index (χ0n) is 17.1. The molecule has 1 aromatic rings. The number of amides is 3. The molecule has 3 rings (SSSR count). The normalized spacial score (nSPS) is 26.1. The van der Waals surface area contributed by atoms with Crippen LogP contribution < -0.4 is 10.6 Å². The molecule has 2 N–H and O–H groups in total. The van der Waals surface area contributed by atoms with Gasteiger partial charge in [0.1, 0.15) is 11.9 Å². The van der Waals surface area contributed by atoms with E-state index < -0.39 is 30.2 Å². The first-order valence-electron chi connectivity index (χ1n) is 10.3. The molecule has 1 aliphatic heterocycles. The first-order chi connectivity index (χ1) is 14.1. The van der Waals surface area contributed by atoms with Gasteiger partial charge in [-0.05, 0) is 62.6 Å². The van der Waals surface area contributed by atoms with Gasteiger partial charge in [-0.25, -0.2) is 9.18 Å². The van der Waals surface area contributed by atoms with Crippen molar-refractivity contribution in [3.63, 3.8) is 0 Å². The van der Waals surface area contributed by atoms with Gasteiger partial charge in [0.25, 0.3) is 0 Å². The lowest BCUT2D eigenvalue weighted by Gasteiger charge is -2.38. The van der Waals surface area contributed by atoms with Crippen molar-refractivity contribution in [2.75, 3.05) is 13.1 Å². The number of nitrogens with zero attached hydrogens (tertiary/aromatic N) is 1. The molecule has 1 heterocycles. The first kappa shape index (κ1) is 22.4. The molecule has 1 saturated carbocycles. The fourth-order valence-electron chi connectivity index (χ4n) is 4.39. The van der Waals surface area contributed by atoms with E-state index in [4.69, 9.17) is 0 Å². The minimum atomic E-state index is -4.22. The van der Waals surface area contributed by atoms with Crippen LogP contribution in [0, 0.1) is 24.6 Å². The maximum atomic E-state index is 13.8. The Morgan fingerprint density at radius 1 is 1.23 bits per heavy atom. The quantitative estimate of drug-likeness (QED) is 0.712. The van der Waals surface area contributed by atoms with Crippen LogP contribution in [0.25, 0.3) is 0 Å². The smallest absolute Gasteiger partial charge is 0.353 e. The number of carbonyl (C=O) groups excluding carboxylic acids is 2. The van der Waals surface area contributed by atoms with Crippen molar-refractivity contribution >= 4 is 11.9 Å². The van der Waals surface area contributed by atoms with Gasteiger partial charge >= 0.3 is 12.2 Å². The number of carbonyl (C=O) groups is 2. The zero-order chi connectivity index (χ0) is 22.1. The molecule has 1 aromatic carbocycles. The van der Waals surface area contributed by atoms with Crippen molar-refractivity contribution in [2.24, 2.45) is 11.8 Å². The Hall–Kier alpha value is -2.32. The summed E-state index contributed by atoms with van der Waals surface area (Å²) in [4.78, 5) is 26.3. The molecule has 1 aliphatic carbocycles. The van der Waals surface area contributed by atoms with E-state index in [0.717, 1.165) is 0 Å². The van der Waals surface area contributed by atoms with Crippen molar-refractivity contribution in [2.45, 2.75) is 57.8 Å². The zero-order valence-corrected chi connectivity index (χ0v) is 17.1. The topological polar surface area (TPSA) is 61.4 Å². The van der Waals surface area contributed by atoms with Gasteiger partial charge in [0.05, 0.1) is 12.0 Å². The van der Waals surface area contributed by atoms with E-state index in [1.54, 1.807) is 26.0 Å². The number of aryl methyl sites for hydroxylation is 1. The van der Waals surface area contributed by atoms with E-state index in [1.165, 1.54) is 11.0 Å². The average Bonchev–Trinajstić information content (AvgIpc) is 2.69. The third kappa shape index (κ3) is 4.87. The summed E-state index contributed by atoms with van der Waals surface area (Å²) in [7, 11) is 0. The van der Waals surface area contributed by atoms with Crippen molar-refractivity contribution in [1.29, 1.82) is 0 Å². The van der Waals surface area contributed by atoms with Gasteiger partial charge < -0.3 is 15.5 Å². The van der Waals surface area contributed by atoms with Crippen LogP contribution in [0.2, 0.25) is 0 Å². The standard InChI is InChI=1S/C21H27F4N3O2/c1-12-11-15(5-8-17(12)22)18(14-3-6-16(7-4-14)21(23,24)25)27-20(30)28-10-9-26-19(29)13(28)2/h5,8,11,13-14,16,18H,3-4,6-7,9-10H2,1-2H3,(H,26,29)(H,27,30)/t13-,14-,16+,18+/m1/s1. The van der Waals surface area contributed by atoms with Crippen LogP contribution >= 0.6 is 0 Å². The Balaban J connectivity index is 1.80. The Labute approximate surface area is 173 Å². The average molecular weight is 429 g/mol. The molecule has 0 radical (unpaired) electrons. The second kappa shape index (κ2) is 8.81. The Bertz CT molecular complexity index is 791. The molecule has 1 saturated heterocycles. The molecule has 9 heteroatoms. The summed E-state index contributed by atoms with van der Waals surface area (Å²) in [5, 5.41) is 5.62. The molecule has 166 valence electrons. The second-order valence-corrected chi connectivity index (χ2v) is 8.25. The highest BCUT2D eigenvalue weighted by Gasteiger charge is 2.43. The molecule has 2 aliphatic rings. The lowest BCUT2D eigenvalue weighted by molar-refractivity contribution is -0.184. The van der Waals surface area contributed by atoms with Crippen molar-refractivity contribution < 1.29 is 27.2 Å². The Morgan fingerprint density at radius 2 is 1.90 bits per heavy atom. The number of benzene rings is 1. The molecule has 3 amide bonds. The number of nitrogens with one attached hydrogen (secondary N) is 2. The minimum absolute atomic E-state index is 0.00321. The maximum absolute atomic E-state index is 13.8. The predicted molar refractivity (Wildman–Crippen MR) is 103 cm³/mol. The summed E-state index contributed by atoms with van der Waals surface area (Å²) in [6.45, 7) is 3.91. The van der Waals surface area contributed by atoms with Gasteiger partial charge in [0, 0.05) is 13.1 Å². The molecule has 0 aromatic heterocycles. The van der Waals surface area contributed by atoms with Crippen LogP contribution in [0.3, 0.4) is 0 Å². The lowest BCUT2D eigenvalue weighted by atomic mass is 9.76. The van der Waals surface area contributed by atoms with Gasteiger partial charge in [0.15, 0.2) is 0 Å². The fraction of sp³-hybridized carbons (Fsp3) is 0.619. The van der Waals surface area contributed by atoms with Crippen molar-refractivity contribution in [3.05, 3.63) is 35.1 Å². The number of piperazine rings is 1. The van der Waals surface area contributed by atoms with Crippen LogP contribution in [0.1, 0.15) is 49.8 Å². The minimum Gasteiger partial charge on any atom is -0.353 e. The van der Waals surface area contributed by atoms with Gasteiger partial charge in [0.2, 0.25) is 5.91 Å². The largest absolute Gasteiger partial charge is 0.391 e. The predicted octanol–water partition coefficient (Wildman–Crippen LogP) is 4.07. The highest BCUT2D eigenvalue weighted by Crippen LogP contribution is 2.43. The van der Waals surface area contributed by atoms with Crippen LogP contribution in [0.4, 0.5) is 22.4 Å². The van der Waals surface area contributed by atoms with E-state index in [0.29, 0.717) is 37.1 Å². The van der Waals surface area contributed by atoms with Crippen LogP contribution in [-0.4, -0.2) is 42.1 Å². The summed E-state index contributed by atoms with van der Waals surface area (Å²) in [5.41, 5.74) is 1.06. The molecule has 0 unspecified atom stereocenters. The summed E-state index contributed by atoms with van der Waals surface area (Å²) in [6, 6.07) is 2.86. The fourth-order valence-corrected chi connectivity index (χ4v) is 4.39. The van der Waals surface area contributed by atoms with E-state index in [-0.39, 0.29) is 30.5 Å². The van der Waals surface area contributed by atoms with E-state index in [9.17, 15) is 27.2 Å². The van der Waals surface area contributed by atoms with E-state index in [2.05, 4.69) is 10.6 Å². The molecule has 30 heavy (non-hydrogen) atoms. The van der Waals surface area contributed by atoms with Crippen LogP contribution in [0.5, 0.6) is 0 Å². The third-order valence-corrected chi connectivity index (χ3v) is 6.29. The summed E-state index contributed by atoms with van der Waals surface area (Å²) >= 11 is 0. The number of alkyl halides is 3. The molecular formula is C21H27F4N3O2. The maximum Gasteiger partial charge on any atom is 0.391 e. The molecule has 2 fully saturated rings. The SMILES string of the molecule is Cc1cc([C@@H](NC(=O)N2CCNC(=O)[C@H]2C)[C@H]2CC[C@@H](C(F)(F)F)CC2)ccc1F. The molecule has 0 spiro atoms. The number of urea groups is 1. The summed E-state index contributed by atoms with van der Waals surface area (Å²) in [5.74, 6) is -2.17. The number of rotatable bonds is 3. The highest BCUT2D eigenvalue weighted by molar-refractivity contribution is 5.88. The molecular weight excluding hydrogens is 402 g/mol. The van der Waals surface area contributed by atoms with Crippen LogP contribution in [0.15, 0.2) is 18.2 Å². The van der Waals surface area contributed by atoms with Crippen molar-refractivity contribution in [3.8, 4) is 0 Å². The first-order valence-corrected chi connectivity index (χ1v) is 10.3. The van der Waals surface area contributed by atoms with Gasteiger partial charge in [-0.15, -0.1) is 0 Å². The van der Waals surface area contributed by atoms with Gasteiger partial charge in [-0.1, -0.05) is 12.1 Å². The van der Waals surface area contributed by atoms with Gasteiger partial charge in [-0.3, -0.25) is 4.79 Å². The molecule has 0 bridgehead atoms. The molecule has 2 atom stereocenters. The third-order valence-electron chi connectivity index (χ3n) is 6.29. The van der Waals surface area contributed by atoms with Crippen molar-refractivity contribution in [1.82, 2.24) is 15.5 Å². The highest BCUT2D eigenvalue weighted by atomic mass is 19.4. The number of hydrogen-bond donors (Lipinski definition) is 2. The lowest BCUT2D eigenvalue weighted by Crippen LogP contribution is -2.58. The van der Waals surface area contributed by atoms with E-state index >= 15 is 0 Å². The summed E-state index contributed by atoms with van der Waals surface area (Å²) < 4.78 is 53.0. The Kier molecular flexibility index (Phi) is 6.57. The Morgan fingerprint density at radius 3 is 2.50 bits per heavy atom. The number of hydrogen-bond acceptors (Lipinski definition) is 2. The summed E-state index contributed by atoms with van der Waals surface area (Å²) in [6.07, 6.45) is -3.59. The molecule has 5 nitrogen and oxygen atoms in total. The van der Waals surface area contributed by atoms with Crippen LogP contribution in [-0.2, 0) is 4.79 Å². The van der Waals surface area contributed by atoms with E-state index in [1.807, 2.05) is 0 Å². The number of halogens is 4. The van der Waals surface area contributed by atoms with Gasteiger partial charge in [-0.2, -0.15) is 13.2 Å².